The van der Waals surface area contributed by atoms with E-state index in [1.807, 2.05) is 31.2 Å². The first-order valence-corrected chi connectivity index (χ1v) is 10.8. The predicted octanol–water partition coefficient (Wildman–Crippen LogP) is 6.43. The van der Waals surface area contributed by atoms with Crippen molar-refractivity contribution in [3.05, 3.63) is 101 Å². The molecule has 6 nitrogen and oxygen atoms in total. The zero-order valence-electron chi connectivity index (χ0n) is 18.0. The first kappa shape index (κ1) is 21.6. The monoisotopic (exact) mass is 472 g/mol. The molecule has 0 unspecified atom stereocenters. The summed E-state index contributed by atoms with van der Waals surface area (Å²) in [6.45, 7) is 1.88. The van der Waals surface area contributed by atoms with Crippen molar-refractivity contribution in [3.8, 4) is 17.0 Å². The number of hydrogen-bond acceptors (Lipinski definition) is 4. The molecule has 34 heavy (non-hydrogen) atoms. The van der Waals surface area contributed by atoms with Gasteiger partial charge >= 0.3 is 0 Å². The minimum atomic E-state index is -0.329. The summed E-state index contributed by atoms with van der Waals surface area (Å²) < 4.78 is 19.0. The van der Waals surface area contributed by atoms with Gasteiger partial charge in [-0.2, -0.15) is 4.80 Å². The maximum atomic E-state index is 13.2. The van der Waals surface area contributed by atoms with Crippen LogP contribution < -0.4 is 5.32 Å². The Hall–Kier alpha value is -4.23. The van der Waals surface area contributed by atoms with E-state index in [-0.39, 0.29) is 11.7 Å². The SMILES string of the molecule is Cc1cc2nn(-c3ccc(F)cc3)nc2cc1NC(=O)/C=C/c1ccc(-c2ccc(Cl)cc2)o1. The number of halogens is 2. The molecule has 0 spiro atoms. The normalized spacial score (nSPS) is 11.4. The zero-order valence-corrected chi connectivity index (χ0v) is 18.8. The Morgan fingerprint density at radius 3 is 2.44 bits per heavy atom. The van der Waals surface area contributed by atoms with Crippen LogP contribution in [0.2, 0.25) is 5.02 Å². The molecule has 3 aromatic carbocycles. The number of rotatable bonds is 5. The number of aromatic nitrogens is 3. The molecule has 0 atom stereocenters. The van der Waals surface area contributed by atoms with Crippen LogP contribution in [0.3, 0.4) is 0 Å². The molecule has 0 aliphatic heterocycles. The lowest BCUT2D eigenvalue weighted by Gasteiger charge is -2.05. The molecular formula is C26H18ClFN4O2. The third-order valence-electron chi connectivity index (χ3n) is 5.20. The van der Waals surface area contributed by atoms with E-state index in [0.29, 0.717) is 39.0 Å². The summed E-state index contributed by atoms with van der Waals surface area (Å²) in [6, 6.07) is 20.4. The average molecular weight is 473 g/mol. The Labute approximate surface area is 199 Å². The van der Waals surface area contributed by atoms with Gasteiger partial charge in [-0.1, -0.05) is 11.6 Å². The highest BCUT2D eigenvalue weighted by atomic mass is 35.5. The summed E-state index contributed by atoms with van der Waals surface area (Å²) in [4.78, 5) is 14.0. The second-order valence-electron chi connectivity index (χ2n) is 7.65. The Morgan fingerprint density at radius 1 is 1.00 bits per heavy atom. The molecule has 2 aromatic heterocycles. The number of hydrogen-bond donors (Lipinski definition) is 1. The zero-order chi connectivity index (χ0) is 23.7. The lowest BCUT2D eigenvalue weighted by molar-refractivity contribution is -0.111. The molecule has 168 valence electrons. The maximum absolute atomic E-state index is 13.2. The molecule has 1 amide bonds. The van der Waals surface area contributed by atoms with Crippen molar-refractivity contribution in [1.29, 1.82) is 0 Å². The van der Waals surface area contributed by atoms with Gasteiger partial charge in [0.15, 0.2) is 0 Å². The molecular weight excluding hydrogens is 455 g/mol. The molecule has 0 aliphatic carbocycles. The van der Waals surface area contributed by atoms with Gasteiger partial charge in [-0.05, 0) is 91.4 Å². The van der Waals surface area contributed by atoms with Gasteiger partial charge in [0, 0.05) is 22.3 Å². The quantitative estimate of drug-likeness (QED) is 0.299. The van der Waals surface area contributed by atoms with Crippen LogP contribution in [0.25, 0.3) is 34.1 Å². The minimum absolute atomic E-state index is 0.308. The third kappa shape index (κ3) is 4.60. The van der Waals surface area contributed by atoms with E-state index >= 15 is 0 Å². The summed E-state index contributed by atoms with van der Waals surface area (Å²) in [5.41, 5.74) is 4.26. The van der Waals surface area contributed by atoms with Crippen molar-refractivity contribution in [2.24, 2.45) is 0 Å². The molecule has 0 fully saturated rings. The molecule has 0 radical (unpaired) electrons. The summed E-state index contributed by atoms with van der Waals surface area (Å²) in [5, 5.41) is 12.4. The van der Waals surface area contributed by atoms with Gasteiger partial charge in [0.1, 0.15) is 28.4 Å². The van der Waals surface area contributed by atoms with Crippen molar-refractivity contribution in [2.75, 3.05) is 5.32 Å². The first-order chi connectivity index (χ1) is 16.4. The number of furan rings is 1. The Kier molecular flexibility index (Phi) is 5.69. The summed E-state index contributed by atoms with van der Waals surface area (Å²) in [7, 11) is 0. The van der Waals surface area contributed by atoms with E-state index in [2.05, 4.69) is 15.5 Å². The fourth-order valence-electron chi connectivity index (χ4n) is 3.44. The molecule has 5 rings (SSSR count). The van der Waals surface area contributed by atoms with E-state index in [0.717, 1.165) is 11.1 Å². The molecule has 0 bridgehead atoms. The lowest BCUT2D eigenvalue weighted by Crippen LogP contribution is -2.08. The topological polar surface area (TPSA) is 73.0 Å². The Morgan fingerprint density at radius 2 is 1.71 bits per heavy atom. The molecule has 0 saturated carbocycles. The van der Waals surface area contributed by atoms with Crippen molar-refractivity contribution in [1.82, 2.24) is 15.0 Å². The van der Waals surface area contributed by atoms with Crippen LogP contribution in [0.1, 0.15) is 11.3 Å². The Balaban J connectivity index is 1.31. The van der Waals surface area contributed by atoms with E-state index in [9.17, 15) is 9.18 Å². The number of carbonyl (C=O) groups is 1. The number of amides is 1. The fraction of sp³-hybridized carbons (Fsp3) is 0.0385. The smallest absolute Gasteiger partial charge is 0.248 e. The predicted molar refractivity (Wildman–Crippen MR) is 130 cm³/mol. The lowest BCUT2D eigenvalue weighted by atomic mass is 10.1. The van der Waals surface area contributed by atoms with E-state index in [1.54, 1.807) is 42.5 Å². The number of benzene rings is 3. The van der Waals surface area contributed by atoms with E-state index in [1.165, 1.54) is 23.0 Å². The summed E-state index contributed by atoms with van der Waals surface area (Å²) >= 11 is 5.93. The summed E-state index contributed by atoms with van der Waals surface area (Å²) in [5.74, 6) is 0.597. The third-order valence-corrected chi connectivity index (χ3v) is 5.45. The van der Waals surface area contributed by atoms with Crippen LogP contribution in [0.15, 0.2) is 83.3 Å². The van der Waals surface area contributed by atoms with Crippen LogP contribution >= 0.6 is 11.6 Å². The number of nitrogens with zero attached hydrogens (tertiary/aromatic N) is 3. The number of anilines is 1. The highest BCUT2D eigenvalue weighted by molar-refractivity contribution is 6.30. The highest BCUT2D eigenvalue weighted by Crippen LogP contribution is 2.25. The van der Waals surface area contributed by atoms with Crippen LogP contribution in [0.5, 0.6) is 0 Å². The summed E-state index contributed by atoms with van der Waals surface area (Å²) in [6.07, 6.45) is 3.01. The van der Waals surface area contributed by atoms with Gasteiger partial charge in [0.25, 0.3) is 0 Å². The van der Waals surface area contributed by atoms with Gasteiger partial charge in [-0.3, -0.25) is 4.79 Å². The van der Waals surface area contributed by atoms with Crippen molar-refractivity contribution >= 4 is 40.3 Å². The van der Waals surface area contributed by atoms with E-state index < -0.39 is 0 Å². The van der Waals surface area contributed by atoms with Crippen molar-refractivity contribution in [2.45, 2.75) is 6.92 Å². The molecule has 5 aromatic rings. The van der Waals surface area contributed by atoms with Gasteiger partial charge in [0.2, 0.25) is 5.91 Å². The number of aryl methyl sites for hydroxylation is 1. The second-order valence-corrected chi connectivity index (χ2v) is 8.09. The van der Waals surface area contributed by atoms with E-state index in [4.69, 9.17) is 16.0 Å². The van der Waals surface area contributed by atoms with Gasteiger partial charge in [-0.25, -0.2) is 4.39 Å². The van der Waals surface area contributed by atoms with Crippen molar-refractivity contribution in [3.63, 3.8) is 0 Å². The number of carbonyl (C=O) groups excluding carboxylic acids is 1. The minimum Gasteiger partial charge on any atom is -0.457 e. The molecule has 2 heterocycles. The largest absolute Gasteiger partial charge is 0.457 e. The molecule has 8 heteroatoms. The van der Waals surface area contributed by atoms with Crippen molar-refractivity contribution < 1.29 is 13.6 Å². The second kappa shape index (κ2) is 8.96. The average Bonchev–Trinajstić information content (AvgIpc) is 3.46. The standard InChI is InChI=1S/C26H18ClFN4O2/c1-16-14-23-24(31-32(30-23)20-8-6-19(28)7-9-20)15-22(16)29-26(33)13-11-21-10-12-25(34-21)17-2-4-18(27)5-3-17/h2-15H,1H3,(H,29,33)/b13-11+. The van der Waals surface area contributed by atoms with Crippen LogP contribution in [-0.4, -0.2) is 20.9 Å². The molecule has 0 saturated heterocycles. The first-order valence-electron chi connectivity index (χ1n) is 10.4. The Bertz CT molecular complexity index is 1520. The number of nitrogens with one attached hydrogen (secondary N) is 1. The van der Waals surface area contributed by atoms with Crippen LogP contribution in [-0.2, 0) is 4.79 Å². The van der Waals surface area contributed by atoms with Gasteiger partial charge in [0.05, 0.1) is 5.69 Å². The van der Waals surface area contributed by atoms with Crippen LogP contribution in [0, 0.1) is 12.7 Å². The highest BCUT2D eigenvalue weighted by Gasteiger charge is 2.10. The van der Waals surface area contributed by atoms with Gasteiger partial charge < -0.3 is 9.73 Å². The molecule has 0 aliphatic rings. The number of fused-ring (bicyclic) bond motifs is 1. The maximum Gasteiger partial charge on any atom is 0.248 e. The molecule has 1 N–H and O–H groups in total. The van der Waals surface area contributed by atoms with Crippen LogP contribution in [0.4, 0.5) is 10.1 Å². The van der Waals surface area contributed by atoms with Gasteiger partial charge in [-0.15, -0.1) is 10.2 Å². The fourth-order valence-corrected chi connectivity index (χ4v) is 3.56.